The predicted molar refractivity (Wildman–Crippen MR) is 202 cm³/mol. The molecule has 1 atom stereocenters. The maximum Gasteiger partial charge on any atom is 0.274 e. The first-order chi connectivity index (χ1) is 25.1. The Kier molecular flexibility index (Phi) is 10.0. The van der Waals surface area contributed by atoms with Crippen molar-refractivity contribution in [2.24, 2.45) is 0 Å². The summed E-state index contributed by atoms with van der Waals surface area (Å²) in [4.78, 5) is 30.8. The first kappa shape index (κ1) is 35.6. The monoisotopic (exact) mass is 724 g/mol. The molecule has 2 N–H and O–H groups in total. The number of aromatic nitrogens is 7. The molecule has 1 unspecified atom stereocenters. The Labute approximate surface area is 308 Å². The molecule has 0 spiro atoms. The standard InChI is InChI=1S/C37H48N12O2S/c1-7-9-14-24-31(44-51-32(24)29-25(18-38)33(39)52-28(29)12-8-2)34-41-35(26-19-40-49(36(26)42-34)20-23-13-10-15-46(23)6)47-16-11-17-48-27(21-47)22(3)30(43-48)37(50)45(4)5/h19,23H,7-17,20-21,39H2,1-6H3. The van der Waals surface area contributed by atoms with Crippen molar-refractivity contribution in [2.45, 2.75) is 97.8 Å². The topological polar surface area (TPSA) is 164 Å². The summed E-state index contributed by atoms with van der Waals surface area (Å²) in [5.74, 6) is 1.69. The van der Waals surface area contributed by atoms with E-state index in [1.807, 2.05) is 22.5 Å². The summed E-state index contributed by atoms with van der Waals surface area (Å²) in [5, 5.41) is 25.9. The number of hydrogen-bond donors (Lipinski definition) is 1. The highest BCUT2D eigenvalue weighted by atomic mass is 32.1. The van der Waals surface area contributed by atoms with E-state index >= 15 is 0 Å². The van der Waals surface area contributed by atoms with Gasteiger partial charge in [0, 0.05) is 49.2 Å². The van der Waals surface area contributed by atoms with Gasteiger partial charge < -0.3 is 25.0 Å². The Morgan fingerprint density at radius 3 is 2.69 bits per heavy atom. The fourth-order valence-electron chi connectivity index (χ4n) is 7.59. The van der Waals surface area contributed by atoms with E-state index in [2.05, 4.69) is 41.9 Å². The zero-order valence-corrected chi connectivity index (χ0v) is 31.9. The van der Waals surface area contributed by atoms with Crippen molar-refractivity contribution < 1.29 is 9.32 Å². The van der Waals surface area contributed by atoms with Gasteiger partial charge in [-0.3, -0.25) is 9.48 Å². The van der Waals surface area contributed by atoms with E-state index in [0.29, 0.717) is 65.6 Å². The van der Waals surface area contributed by atoms with Crippen molar-refractivity contribution >= 4 is 39.1 Å². The first-order valence-corrected chi connectivity index (χ1v) is 19.2. The van der Waals surface area contributed by atoms with E-state index in [9.17, 15) is 10.1 Å². The minimum atomic E-state index is -0.107. The average molecular weight is 725 g/mol. The van der Waals surface area contributed by atoms with Crippen LogP contribution in [0.15, 0.2) is 10.7 Å². The number of carbonyl (C=O) groups excluding carboxylic acids is 1. The van der Waals surface area contributed by atoms with Gasteiger partial charge in [-0.15, -0.1) is 11.3 Å². The number of nitrogen functional groups attached to an aromatic ring is 1. The second-order valence-corrected chi connectivity index (χ2v) is 15.4. The van der Waals surface area contributed by atoms with Gasteiger partial charge in [0.1, 0.15) is 16.9 Å². The molecule has 14 nitrogen and oxygen atoms in total. The zero-order valence-electron chi connectivity index (χ0n) is 31.1. The lowest BCUT2D eigenvalue weighted by Gasteiger charge is -2.23. The number of nitriles is 1. The number of hydrogen-bond acceptors (Lipinski definition) is 12. The van der Waals surface area contributed by atoms with Gasteiger partial charge in [-0.1, -0.05) is 31.8 Å². The highest BCUT2D eigenvalue weighted by Gasteiger charge is 2.31. The van der Waals surface area contributed by atoms with Crippen LogP contribution in [-0.2, 0) is 32.5 Å². The highest BCUT2D eigenvalue weighted by molar-refractivity contribution is 7.16. The van der Waals surface area contributed by atoms with Crippen LogP contribution in [0, 0.1) is 18.3 Å². The van der Waals surface area contributed by atoms with Gasteiger partial charge in [0.25, 0.3) is 5.91 Å². The fraction of sp³-hybridized carbons (Fsp3) is 0.541. The van der Waals surface area contributed by atoms with Crippen molar-refractivity contribution in [1.82, 2.24) is 44.5 Å². The van der Waals surface area contributed by atoms with Crippen LogP contribution in [0.1, 0.15) is 90.1 Å². The summed E-state index contributed by atoms with van der Waals surface area (Å²) in [7, 11) is 5.67. The Balaban J connectivity index is 1.40. The third-order valence-electron chi connectivity index (χ3n) is 10.5. The summed E-state index contributed by atoms with van der Waals surface area (Å²) in [5.41, 5.74) is 12.1. The zero-order chi connectivity index (χ0) is 36.7. The molecular formula is C37H48N12O2S. The van der Waals surface area contributed by atoms with Crippen LogP contribution in [0.4, 0.5) is 10.8 Å². The molecule has 52 heavy (non-hydrogen) atoms. The van der Waals surface area contributed by atoms with Gasteiger partial charge in [-0.05, 0) is 59.0 Å². The van der Waals surface area contributed by atoms with Crippen molar-refractivity contribution in [1.29, 1.82) is 5.26 Å². The molecule has 0 radical (unpaired) electrons. The second-order valence-electron chi connectivity index (χ2n) is 14.3. The molecule has 274 valence electrons. The lowest BCUT2D eigenvalue weighted by Crippen LogP contribution is -2.29. The van der Waals surface area contributed by atoms with Gasteiger partial charge >= 0.3 is 0 Å². The average Bonchev–Trinajstić information content (AvgIpc) is 3.93. The molecule has 0 aliphatic carbocycles. The lowest BCUT2D eigenvalue weighted by molar-refractivity contribution is 0.0820. The number of likely N-dealkylation sites (tertiary alicyclic amines) is 1. The number of likely N-dealkylation sites (N-methyl/N-ethyl adjacent to an activating group) is 1. The third-order valence-corrected chi connectivity index (χ3v) is 11.6. The molecule has 15 heteroatoms. The summed E-state index contributed by atoms with van der Waals surface area (Å²) in [6, 6.07) is 2.70. The fourth-order valence-corrected chi connectivity index (χ4v) is 8.71. The van der Waals surface area contributed by atoms with Crippen molar-refractivity contribution in [3.8, 4) is 28.9 Å². The number of thiophene rings is 1. The molecule has 1 amide bonds. The van der Waals surface area contributed by atoms with E-state index in [1.54, 1.807) is 19.0 Å². The van der Waals surface area contributed by atoms with Crippen LogP contribution in [0.25, 0.3) is 33.9 Å². The Morgan fingerprint density at radius 1 is 1.15 bits per heavy atom. The number of amides is 1. The van der Waals surface area contributed by atoms with Crippen LogP contribution < -0.4 is 10.6 Å². The normalized spacial score (nSPS) is 16.4. The lowest BCUT2D eigenvalue weighted by atomic mass is 9.98. The van der Waals surface area contributed by atoms with Crippen LogP contribution in [0.3, 0.4) is 0 Å². The smallest absolute Gasteiger partial charge is 0.274 e. The van der Waals surface area contributed by atoms with Gasteiger partial charge in [-0.25, -0.2) is 14.6 Å². The van der Waals surface area contributed by atoms with E-state index in [1.165, 1.54) is 11.3 Å². The van der Waals surface area contributed by atoms with Crippen molar-refractivity contribution in [3.63, 3.8) is 0 Å². The van der Waals surface area contributed by atoms with Gasteiger partial charge in [-0.2, -0.15) is 15.5 Å². The Hall–Kier alpha value is -4.81. The SMILES string of the molecule is CCCCc1c(-c2nc(N3CCCn4nc(C(=O)N(C)C)c(C)c4C3)c3cnn(CC4CCCN4C)c3n2)noc1-c1c(CCC)sc(N)c1C#N. The van der Waals surface area contributed by atoms with E-state index < -0.39 is 0 Å². The highest BCUT2D eigenvalue weighted by Crippen LogP contribution is 2.43. The molecule has 5 aromatic rings. The molecule has 2 aliphatic heterocycles. The molecule has 2 aliphatic rings. The van der Waals surface area contributed by atoms with Gasteiger partial charge in [0.15, 0.2) is 28.6 Å². The molecule has 5 aromatic heterocycles. The van der Waals surface area contributed by atoms with E-state index in [-0.39, 0.29) is 5.91 Å². The molecule has 1 fully saturated rings. The largest absolute Gasteiger partial charge is 0.389 e. The Morgan fingerprint density at radius 2 is 1.98 bits per heavy atom. The molecule has 0 bridgehead atoms. The van der Waals surface area contributed by atoms with E-state index in [4.69, 9.17) is 30.4 Å². The summed E-state index contributed by atoms with van der Waals surface area (Å²) in [6.07, 6.45) is 9.20. The molecule has 7 rings (SSSR count). The summed E-state index contributed by atoms with van der Waals surface area (Å²) in [6.45, 7) is 9.97. The molecule has 0 aromatic carbocycles. The van der Waals surface area contributed by atoms with Crippen LogP contribution in [0.5, 0.6) is 0 Å². The molecule has 7 heterocycles. The minimum absolute atomic E-state index is 0.107. The van der Waals surface area contributed by atoms with E-state index in [0.717, 1.165) is 102 Å². The maximum absolute atomic E-state index is 13.0. The number of anilines is 2. The molecule has 0 saturated carbocycles. The van der Waals surface area contributed by atoms with Crippen LogP contribution >= 0.6 is 11.3 Å². The number of rotatable bonds is 11. The number of nitrogens with zero attached hydrogens (tertiary/aromatic N) is 11. The van der Waals surface area contributed by atoms with Crippen LogP contribution in [-0.4, -0.2) is 90.7 Å². The number of aryl methyl sites for hydroxylation is 2. The van der Waals surface area contributed by atoms with Crippen molar-refractivity contribution in [3.05, 3.63) is 39.2 Å². The number of nitrogens with two attached hydrogens (primary N) is 1. The molecular weight excluding hydrogens is 677 g/mol. The van der Waals surface area contributed by atoms with Crippen molar-refractivity contribution in [2.75, 3.05) is 44.9 Å². The van der Waals surface area contributed by atoms with Gasteiger partial charge in [0.2, 0.25) is 0 Å². The third kappa shape index (κ3) is 6.32. The summed E-state index contributed by atoms with van der Waals surface area (Å²) < 4.78 is 10.2. The summed E-state index contributed by atoms with van der Waals surface area (Å²) >= 11 is 1.45. The predicted octanol–water partition coefficient (Wildman–Crippen LogP) is 5.67. The van der Waals surface area contributed by atoms with Gasteiger partial charge in [0.05, 0.1) is 41.5 Å². The Bertz CT molecular complexity index is 2150. The first-order valence-electron chi connectivity index (χ1n) is 18.4. The number of unbranched alkanes of at least 4 members (excludes halogenated alkanes) is 1. The number of carbonyl (C=O) groups is 1. The second kappa shape index (κ2) is 14.7. The quantitative estimate of drug-likeness (QED) is 0.179. The number of fused-ring (bicyclic) bond motifs is 2. The maximum atomic E-state index is 13.0. The minimum Gasteiger partial charge on any atom is -0.389 e. The molecule has 1 saturated heterocycles. The van der Waals surface area contributed by atoms with Crippen LogP contribution in [0.2, 0.25) is 0 Å².